The molecular weight excluding hydrogens is 873 g/mol. The predicted molar refractivity (Wildman–Crippen MR) is 256 cm³/mol. The number of Topliss-reactive ketones (excluding diaryl/α,β-unsaturated/α-hetero) is 2. The number of benzene rings is 1. The molecule has 0 radical (unpaired) electrons. The van der Waals surface area contributed by atoms with Crippen molar-refractivity contribution in [3.63, 3.8) is 0 Å². The first-order chi connectivity index (χ1) is 32.5. The Hall–Kier alpha value is -3.96. The minimum Gasteiger partial charge on any atom is -0.488 e. The maximum atomic E-state index is 14.6. The maximum absolute atomic E-state index is 14.6. The van der Waals surface area contributed by atoms with Crippen molar-refractivity contribution in [2.75, 3.05) is 34.5 Å². The second-order valence-corrected chi connectivity index (χ2v) is 20.2. The second kappa shape index (κ2) is 23.8. The molecule has 6 rings (SSSR count). The van der Waals surface area contributed by atoms with Gasteiger partial charge in [-0.3, -0.25) is 14.4 Å². The number of aromatic nitrogens is 1. The first-order valence-electron chi connectivity index (χ1n) is 24.9. The van der Waals surface area contributed by atoms with Gasteiger partial charge in [0.15, 0.2) is 0 Å². The molecule has 4 aliphatic rings. The summed E-state index contributed by atoms with van der Waals surface area (Å²) in [5, 5.41) is 34.5. The molecule has 15 nitrogen and oxygen atoms in total. The normalized spacial score (nSPS) is 36.4. The lowest BCUT2D eigenvalue weighted by atomic mass is 9.81. The van der Waals surface area contributed by atoms with Crippen LogP contribution in [0.2, 0.25) is 0 Å². The Morgan fingerprint density at radius 3 is 2.32 bits per heavy atom. The van der Waals surface area contributed by atoms with Crippen molar-refractivity contribution < 1.29 is 62.9 Å². The van der Waals surface area contributed by atoms with Crippen LogP contribution in [0.25, 0.3) is 10.9 Å². The Morgan fingerprint density at radius 1 is 0.912 bits per heavy atom. The number of carbonyl (C=O) groups is 4. The standard InChI is InChI=1S/C53H78N2O13/c1-10-37-24-31(2)23-32(3)25-46(64-8)49-47(65-9)27-34(5)53(62,68-49)50(59)51(60)55-19-12-11-13-41(55)52(61)67-48(35(6)42(57)30-43(37)58)33(4)26-36-14-17-44(45(28-36)63-7)66-39-15-16-40-38(29-39)18-20-54(40)21-22-56/h15-16,18,20,24,26,29,32,34-37,41-42,44-49,56-57,62H,10-14,17,19,21-23,25,27-28,30H2,1-9H3/b31-24+,33-26+/t32-,34+,35+,36-,37+,41-,42-,44+,45?,46-,47-,48+,49+,53+/m0/s1. The van der Waals surface area contributed by atoms with Crippen molar-refractivity contribution in [1.82, 2.24) is 9.47 Å². The van der Waals surface area contributed by atoms with Crippen LogP contribution >= 0.6 is 0 Å². The van der Waals surface area contributed by atoms with E-state index in [9.17, 15) is 34.5 Å². The summed E-state index contributed by atoms with van der Waals surface area (Å²) < 4.78 is 39.0. The van der Waals surface area contributed by atoms with E-state index in [0.717, 1.165) is 28.6 Å². The van der Waals surface area contributed by atoms with Gasteiger partial charge in [-0.2, -0.15) is 0 Å². The van der Waals surface area contributed by atoms with E-state index in [4.69, 9.17) is 28.4 Å². The Kier molecular flexibility index (Phi) is 18.7. The van der Waals surface area contributed by atoms with Crippen LogP contribution in [-0.4, -0.2) is 137 Å². The van der Waals surface area contributed by atoms with Gasteiger partial charge in [-0.15, -0.1) is 0 Å². The van der Waals surface area contributed by atoms with E-state index in [1.54, 1.807) is 21.0 Å². The van der Waals surface area contributed by atoms with E-state index in [-0.39, 0.29) is 62.2 Å². The van der Waals surface area contributed by atoms with Gasteiger partial charge in [-0.1, -0.05) is 45.4 Å². The number of allylic oxidation sites excluding steroid dienone is 3. The molecule has 1 aromatic heterocycles. The molecule has 3 N–H and O–H groups in total. The van der Waals surface area contributed by atoms with Crippen LogP contribution < -0.4 is 4.74 Å². The van der Waals surface area contributed by atoms with Crippen LogP contribution in [0.4, 0.5) is 0 Å². The third kappa shape index (κ3) is 12.1. The fourth-order valence-corrected chi connectivity index (χ4v) is 11.2. The largest absolute Gasteiger partial charge is 0.488 e. The Morgan fingerprint density at radius 2 is 1.63 bits per heavy atom. The molecule has 1 aromatic carbocycles. The summed E-state index contributed by atoms with van der Waals surface area (Å²) in [5.74, 6) is -6.86. The van der Waals surface area contributed by atoms with Crippen molar-refractivity contribution in [3.05, 3.63) is 53.8 Å². The third-order valence-corrected chi connectivity index (χ3v) is 15.2. The number of piperidine rings is 1. The molecule has 0 spiro atoms. The fourth-order valence-electron chi connectivity index (χ4n) is 11.2. The molecule has 15 heteroatoms. The summed E-state index contributed by atoms with van der Waals surface area (Å²) >= 11 is 0. The number of amides is 1. The molecule has 1 aliphatic carbocycles. The second-order valence-electron chi connectivity index (χ2n) is 20.2. The number of rotatable bonds is 10. The monoisotopic (exact) mass is 951 g/mol. The van der Waals surface area contributed by atoms with Crippen LogP contribution in [0, 0.1) is 29.6 Å². The zero-order valence-electron chi connectivity index (χ0n) is 41.8. The topological polar surface area (TPSA) is 193 Å². The molecule has 1 unspecified atom stereocenters. The highest BCUT2D eigenvalue weighted by Gasteiger charge is 2.56. The number of aliphatic hydroxyl groups excluding tert-OH is 2. The predicted octanol–water partition coefficient (Wildman–Crippen LogP) is 6.51. The number of carbonyl (C=O) groups excluding carboxylic acids is 4. The molecule has 4 heterocycles. The number of hydrogen-bond donors (Lipinski definition) is 3. The van der Waals surface area contributed by atoms with Crippen LogP contribution in [0.3, 0.4) is 0 Å². The van der Waals surface area contributed by atoms with Crippen LogP contribution in [0.15, 0.2) is 53.8 Å². The molecule has 3 fully saturated rings. The number of ketones is 2. The summed E-state index contributed by atoms with van der Waals surface area (Å²) in [4.78, 5) is 58.6. The van der Waals surface area contributed by atoms with Crippen molar-refractivity contribution in [2.24, 2.45) is 29.6 Å². The number of cyclic esters (lactones) is 1. The number of esters is 1. The molecule has 14 atom stereocenters. The van der Waals surface area contributed by atoms with Crippen LogP contribution in [-0.2, 0) is 49.4 Å². The van der Waals surface area contributed by atoms with Gasteiger partial charge in [0.1, 0.15) is 35.9 Å². The minimum atomic E-state index is -2.52. The molecule has 68 heavy (non-hydrogen) atoms. The van der Waals surface area contributed by atoms with Gasteiger partial charge >= 0.3 is 5.97 Å². The van der Waals surface area contributed by atoms with Gasteiger partial charge in [0.25, 0.3) is 11.7 Å². The van der Waals surface area contributed by atoms with Gasteiger partial charge in [-0.25, -0.2) is 4.79 Å². The zero-order valence-corrected chi connectivity index (χ0v) is 41.8. The molecular formula is C53H78N2O13. The lowest BCUT2D eigenvalue weighted by Gasteiger charge is -2.47. The van der Waals surface area contributed by atoms with Crippen molar-refractivity contribution in [2.45, 2.75) is 173 Å². The highest BCUT2D eigenvalue weighted by molar-refractivity contribution is 6.39. The summed E-state index contributed by atoms with van der Waals surface area (Å²) in [6.07, 6.45) is 6.31. The Balaban J connectivity index is 1.29. The van der Waals surface area contributed by atoms with E-state index in [0.29, 0.717) is 57.1 Å². The average molecular weight is 951 g/mol. The van der Waals surface area contributed by atoms with E-state index >= 15 is 0 Å². The van der Waals surface area contributed by atoms with Crippen LogP contribution in [0.1, 0.15) is 112 Å². The number of fused-ring (bicyclic) bond motifs is 4. The number of ether oxygens (including phenoxy) is 6. The van der Waals surface area contributed by atoms with E-state index < -0.39 is 77.8 Å². The smallest absolute Gasteiger partial charge is 0.329 e. The number of hydrogen-bond acceptors (Lipinski definition) is 13. The summed E-state index contributed by atoms with van der Waals surface area (Å²) in [6.45, 7) is 11.9. The first kappa shape index (κ1) is 53.4. The van der Waals surface area contributed by atoms with Crippen molar-refractivity contribution in [1.29, 1.82) is 0 Å². The summed E-state index contributed by atoms with van der Waals surface area (Å²) in [7, 11) is 4.74. The van der Waals surface area contributed by atoms with Crippen LogP contribution in [0.5, 0.6) is 5.75 Å². The lowest BCUT2D eigenvalue weighted by molar-refractivity contribution is -0.302. The molecule has 3 aliphatic heterocycles. The number of aliphatic hydroxyl groups is 3. The van der Waals surface area contributed by atoms with Gasteiger partial charge < -0.3 is 53.2 Å². The average Bonchev–Trinajstić information content (AvgIpc) is 3.73. The van der Waals surface area contributed by atoms with Gasteiger partial charge in [0.05, 0.1) is 31.0 Å². The Bertz CT molecular complexity index is 2120. The minimum absolute atomic E-state index is 0.00701. The van der Waals surface area contributed by atoms with Gasteiger partial charge in [0, 0.05) is 75.7 Å². The van der Waals surface area contributed by atoms with E-state index in [1.807, 2.05) is 61.9 Å². The maximum Gasteiger partial charge on any atom is 0.329 e. The highest BCUT2D eigenvalue weighted by atomic mass is 16.7. The number of methoxy groups -OCH3 is 3. The molecule has 1 amide bonds. The zero-order chi connectivity index (χ0) is 49.4. The first-order valence-corrected chi connectivity index (χ1v) is 24.9. The fraction of sp³-hybridized carbons (Fsp3) is 0.698. The number of nitrogens with zero attached hydrogens (tertiary/aromatic N) is 2. The third-order valence-electron chi connectivity index (χ3n) is 15.2. The SMILES string of the molecule is CC[C@@H]1/C=C(\C)C[C@H](C)C[C@H](OC)[C@H]2O[C@@](O)(C(=O)C(=O)N3CCCC[C@H]3C(=O)O[C@H](/C(C)=C/[C@@H]3CC[C@@H](Oc4ccc5c(ccn5CCO)c4)C(OC)C3)[C@H](C)[C@@H](O)CC1=O)[C@H](C)C[C@@H]2OC. The summed E-state index contributed by atoms with van der Waals surface area (Å²) in [6, 6.07) is 6.77. The molecule has 2 aromatic rings. The quantitative estimate of drug-likeness (QED) is 0.133. The van der Waals surface area contributed by atoms with Gasteiger partial charge in [-0.05, 0) is 120 Å². The van der Waals surface area contributed by atoms with Gasteiger partial charge in [0.2, 0.25) is 5.79 Å². The lowest BCUT2D eigenvalue weighted by Crippen LogP contribution is -2.64. The molecule has 2 bridgehead atoms. The van der Waals surface area contributed by atoms with Crippen molar-refractivity contribution >= 4 is 34.3 Å². The van der Waals surface area contributed by atoms with E-state index in [2.05, 4.69) is 13.0 Å². The van der Waals surface area contributed by atoms with Crippen molar-refractivity contribution in [3.8, 4) is 5.75 Å². The molecule has 1 saturated carbocycles. The molecule has 2 saturated heterocycles. The summed E-state index contributed by atoms with van der Waals surface area (Å²) in [5.41, 5.74) is 2.68. The Labute approximate surface area is 402 Å². The highest BCUT2D eigenvalue weighted by Crippen LogP contribution is 2.40. The van der Waals surface area contributed by atoms with E-state index in [1.165, 1.54) is 19.1 Å². The molecule has 378 valence electrons.